The summed E-state index contributed by atoms with van der Waals surface area (Å²) in [5.41, 5.74) is 1.76. The Labute approximate surface area is 211 Å². The zero-order chi connectivity index (χ0) is 26.1. The third-order valence-corrected chi connectivity index (χ3v) is 6.65. The summed E-state index contributed by atoms with van der Waals surface area (Å²) in [6.45, 7) is 0.0193. The molecule has 0 aliphatic carbocycles. The van der Waals surface area contributed by atoms with Crippen LogP contribution in [0.3, 0.4) is 0 Å². The van der Waals surface area contributed by atoms with E-state index in [0.717, 1.165) is 26.8 Å². The Kier molecular flexibility index (Phi) is 9.11. The van der Waals surface area contributed by atoms with E-state index in [1.54, 1.807) is 5.38 Å². The second-order valence-electron chi connectivity index (χ2n) is 7.49. The monoisotopic (exact) mass is 532 g/mol. The van der Waals surface area contributed by atoms with Gasteiger partial charge in [0.05, 0.1) is 24.2 Å². The fourth-order valence-electron chi connectivity index (χ4n) is 3.19. The fraction of sp³-hybridized carbons (Fsp3) is 0.217. The van der Waals surface area contributed by atoms with Crippen LogP contribution in [0.2, 0.25) is 0 Å². The maximum atomic E-state index is 13.2. The summed E-state index contributed by atoms with van der Waals surface area (Å²) in [5, 5.41) is 13.5. The first-order chi connectivity index (χ1) is 17.2. The van der Waals surface area contributed by atoms with E-state index in [1.807, 2.05) is 30.3 Å². The lowest BCUT2D eigenvalue weighted by Gasteiger charge is -2.26. The molecular formula is C23H24N4O7S2. The number of carbonyl (C=O) groups excluding carboxylic acids is 2. The van der Waals surface area contributed by atoms with Gasteiger partial charge in [0.1, 0.15) is 6.04 Å². The van der Waals surface area contributed by atoms with Crippen molar-refractivity contribution in [1.29, 1.82) is 0 Å². The van der Waals surface area contributed by atoms with Crippen molar-refractivity contribution >= 4 is 50.5 Å². The average molecular weight is 533 g/mol. The van der Waals surface area contributed by atoms with Crippen molar-refractivity contribution in [2.75, 3.05) is 29.7 Å². The Balaban J connectivity index is 1.78. The van der Waals surface area contributed by atoms with Crippen LogP contribution in [0.5, 0.6) is 0 Å². The number of carbonyl (C=O) groups is 3. The number of aliphatic carboxylic acids is 1. The molecule has 3 rings (SSSR count). The van der Waals surface area contributed by atoms with Crippen molar-refractivity contribution < 1.29 is 32.6 Å². The molecule has 3 aromatic rings. The van der Waals surface area contributed by atoms with Gasteiger partial charge in [0.25, 0.3) is 0 Å². The summed E-state index contributed by atoms with van der Waals surface area (Å²) in [5.74, 6) is -1.66. The quantitative estimate of drug-likeness (QED) is 0.194. The average Bonchev–Trinajstić information content (AvgIpc) is 3.51. The van der Waals surface area contributed by atoms with Gasteiger partial charge in [-0.2, -0.15) is 0 Å². The Morgan fingerprint density at radius 2 is 2.03 bits per heavy atom. The van der Waals surface area contributed by atoms with Crippen molar-refractivity contribution in [3.8, 4) is 11.3 Å². The van der Waals surface area contributed by atoms with Gasteiger partial charge in [-0.15, -0.1) is 11.3 Å². The number of amides is 2. The highest BCUT2D eigenvalue weighted by Crippen LogP contribution is 2.26. The molecule has 1 aromatic carbocycles. The van der Waals surface area contributed by atoms with E-state index in [0.29, 0.717) is 17.2 Å². The highest BCUT2D eigenvalue weighted by molar-refractivity contribution is 7.89. The van der Waals surface area contributed by atoms with E-state index in [2.05, 4.69) is 10.3 Å². The number of rotatable bonds is 13. The molecule has 1 atom stereocenters. The van der Waals surface area contributed by atoms with Crippen LogP contribution in [0, 0.1) is 0 Å². The zero-order valence-corrected chi connectivity index (χ0v) is 20.8. The lowest BCUT2D eigenvalue weighted by Crippen LogP contribution is -2.44. The molecule has 0 aliphatic heterocycles. The maximum Gasteiger partial charge on any atom is 0.328 e. The number of hydrogen-bond acceptors (Lipinski definition) is 8. The smallest absolute Gasteiger partial charge is 0.328 e. The molecule has 0 fully saturated rings. The van der Waals surface area contributed by atoms with E-state index in [4.69, 9.17) is 9.84 Å². The van der Waals surface area contributed by atoms with E-state index in [1.165, 1.54) is 35.9 Å². The number of hydrogen-bond donors (Lipinski definition) is 2. The molecule has 0 unspecified atom stereocenters. The fourth-order valence-corrected chi connectivity index (χ4v) is 4.50. The zero-order valence-electron chi connectivity index (χ0n) is 19.2. The van der Waals surface area contributed by atoms with Crippen LogP contribution in [0.25, 0.3) is 11.3 Å². The van der Waals surface area contributed by atoms with Crippen molar-refractivity contribution in [2.24, 2.45) is 0 Å². The van der Waals surface area contributed by atoms with Crippen LogP contribution in [0.1, 0.15) is 6.42 Å². The highest BCUT2D eigenvalue weighted by Gasteiger charge is 2.28. The van der Waals surface area contributed by atoms with Gasteiger partial charge in [-0.3, -0.25) is 13.6 Å². The number of anilines is 2. The first-order valence-corrected chi connectivity index (χ1v) is 13.3. The standard InChI is InChI=1S/C23H24N4O7S2/c1-36(32,33)26-11-9-18(14-26)27(16-28)20(10-13-34-12-5-8-21(29)30)22(31)25-23-24-19(15-35-23)17-6-3-2-4-7-17/h2-9,11,14-16,20H,10,12-13H2,1H3,(H,29,30)(H,24,25,31)/b8-5+/t20-/m0/s1. The maximum absolute atomic E-state index is 13.2. The predicted octanol–water partition coefficient (Wildman–Crippen LogP) is 2.44. The molecule has 2 amide bonds. The summed E-state index contributed by atoms with van der Waals surface area (Å²) >= 11 is 1.22. The summed E-state index contributed by atoms with van der Waals surface area (Å²) in [6.07, 6.45) is 6.25. The number of nitrogens with zero attached hydrogens (tertiary/aromatic N) is 3. The second-order valence-corrected chi connectivity index (χ2v) is 10.2. The summed E-state index contributed by atoms with van der Waals surface area (Å²) < 4.78 is 30.0. The van der Waals surface area contributed by atoms with Gasteiger partial charge in [0.2, 0.25) is 22.3 Å². The van der Waals surface area contributed by atoms with Crippen LogP contribution < -0.4 is 10.2 Å². The Bertz CT molecular complexity index is 1330. The number of benzene rings is 1. The van der Waals surface area contributed by atoms with Crippen molar-refractivity contribution in [2.45, 2.75) is 12.5 Å². The number of thiazole rings is 1. The predicted molar refractivity (Wildman–Crippen MR) is 135 cm³/mol. The molecular weight excluding hydrogens is 508 g/mol. The minimum absolute atomic E-state index is 0.000893. The summed E-state index contributed by atoms with van der Waals surface area (Å²) in [6, 6.07) is 9.75. The molecule has 190 valence electrons. The minimum Gasteiger partial charge on any atom is -0.478 e. The number of carboxylic acid groups (broad SMARTS) is 1. The number of ether oxygens (including phenoxy) is 1. The molecule has 2 N–H and O–H groups in total. The SMILES string of the molecule is CS(=O)(=O)n1ccc(N(C=O)[C@@H](CCOC/C=C/C(=O)O)C(=O)Nc2nc(-c3ccccc3)cs2)c1. The van der Waals surface area contributed by atoms with Crippen LogP contribution in [-0.4, -0.2) is 66.3 Å². The van der Waals surface area contributed by atoms with E-state index < -0.39 is 27.9 Å². The lowest BCUT2D eigenvalue weighted by atomic mass is 10.1. The van der Waals surface area contributed by atoms with E-state index >= 15 is 0 Å². The molecule has 13 heteroatoms. The van der Waals surface area contributed by atoms with Crippen LogP contribution in [0.15, 0.2) is 66.3 Å². The largest absolute Gasteiger partial charge is 0.478 e. The summed E-state index contributed by atoms with van der Waals surface area (Å²) in [7, 11) is -3.59. The van der Waals surface area contributed by atoms with Gasteiger partial charge in [-0.25, -0.2) is 18.2 Å². The molecule has 0 spiro atoms. The van der Waals surface area contributed by atoms with Crippen LogP contribution in [0.4, 0.5) is 10.8 Å². The van der Waals surface area contributed by atoms with Gasteiger partial charge in [0.15, 0.2) is 5.13 Å². The van der Waals surface area contributed by atoms with E-state index in [9.17, 15) is 22.8 Å². The molecule has 0 bridgehead atoms. The first kappa shape index (κ1) is 26.8. The normalized spacial score (nSPS) is 12.4. The first-order valence-electron chi connectivity index (χ1n) is 10.6. The Morgan fingerprint density at radius 3 is 2.67 bits per heavy atom. The third kappa shape index (κ3) is 7.34. The van der Waals surface area contributed by atoms with Gasteiger partial charge in [0, 0.05) is 42.4 Å². The molecule has 0 saturated carbocycles. The second kappa shape index (κ2) is 12.2. The number of aromatic nitrogens is 2. The molecule has 0 radical (unpaired) electrons. The molecule has 36 heavy (non-hydrogen) atoms. The Morgan fingerprint density at radius 1 is 1.28 bits per heavy atom. The van der Waals surface area contributed by atoms with Crippen molar-refractivity contribution in [3.05, 3.63) is 66.3 Å². The molecule has 11 nitrogen and oxygen atoms in total. The van der Waals surface area contributed by atoms with Crippen molar-refractivity contribution in [1.82, 2.24) is 8.96 Å². The number of carboxylic acids is 1. The Hall–Kier alpha value is -3.81. The minimum atomic E-state index is -3.59. The summed E-state index contributed by atoms with van der Waals surface area (Å²) in [4.78, 5) is 41.4. The van der Waals surface area contributed by atoms with Gasteiger partial charge >= 0.3 is 5.97 Å². The van der Waals surface area contributed by atoms with Crippen molar-refractivity contribution in [3.63, 3.8) is 0 Å². The third-order valence-electron chi connectivity index (χ3n) is 4.90. The van der Waals surface area contributed by atoms with Crippen LogP contribution in [-0.2, 0) is 29.1 Å². The molecule has 0 saturated heterocycles. The molecule has 2 aromatic heterocycles. The highest BCUT2D eigenvalue weighted by atomic mass is 32.2. The van der Waals surface area contributed by atoms with Gasteiger partial charge in [-0.05, 0) is 6.07 Å². The van der Waals surface area contributed by atoms with Crippen LogP contribution >= 0.6 is 11.3 Å². The molecule has 0 aliphatic rings. The van der Waals surface area contributed by atoms with Gasteiger partial charge < -0.3 is 20.1 Å². The van der Waals surface area contributed by atoms with E-state index in [-0.39, 0.29) is 25.3 Å². The number of nitrogens with one attached hydrogen (secondary N) is 1. The topological polar surface area (TPSA) is 148 Å². The molecule has 2 heterocycles. The van der Waals surface area contributed by atoms with Gasteiger partial charge in [-0.1, -0.05) is 36.4 Å². The lowest BCUT2D eigenvalue weighted by molar-refractivity contribution is -0.131.